The maximum Gasteiger partial charge on any atom is 0.420 e. The summed E-state index contributed by atoms with van der Waals surface area (Å²) in [4.78, 5) is 35.8. The maximum absolute atomic E-state index is 12.1. The van der Waals surface area contributed by atoms with Gasteiger partial charge in [-0.2, -0.15) is 4.90 Å². The van der Waals surface area contributed by atoms with Crippen molar-refractivity contribution >= 4 is 23.7 Å². The van der Waals surface area contributed by atoms with Crippen molar-refractivity contribution in [3.63, 3.8) is 0 Å². The molecule has 0 aliphatic carbocycles. The van der Waals surface area contributed by atoms with Crippen LogP contribution in [0.4, 0.5) is 15.3 Å². The van der Waals surface area contributed by atoms with Gasteiger partial charge in [0.2, 0.25) is 0 Å². The lowest BCUT2D eigenvalue weighted by Crippen LogP contribution is -2.45. The number of carboxylic acid groups (broad SMARTS) is 1. The first-order valence-corrected chi connectivity index (χ1v) is 6.49. The van der Waals surface area contributed by atoms with Gasteiger partial charge in [0.15, 0.2) is 0 Å². The molecular weight excluding hydrogens is 284 g/mol. The fourth-order valence-electron chi connectivity index (χ4n) is 1.90. The molecule has 0 aliphatic heterocycles. The zero-order valence-electron chi connectivity index (χ0n) is 11.8. The van der Waals surface area contributed by atoms with Crippen LogP contribution in [0.3, 0.4) is 0 Å². The number of aryl methyl sites for hydroxylation is 1. The minimum absolute atomic E-state index is 0.172. The predicted octanol–water partition coefficient (Wildman–Crippen LogP) is 3.03. The summed E-state index contributed by atoms with van der Waals surface area (Å²) >= 11 is 0. The lowest BCUT2D eigenvalue weighted by atomic mass is 10.2. The average molecular weight is 298 g/mol. The largest absolute Gasteiger partial charge is 0.464 e. The van der Waals surface area contributed by atoms with E-state index in [2.05, 4.69) is 5.32 Å². The number of nitrogens with one attached hydrogen (secondary N) is 1. The summed E-state index contributed by atoms with van der Waals surface area (Å²) in [5.74, 6) is -0.662. The normalized spacial score (nSPS) is 9.86. The van der Waals surface area contributed by atoms with Crippen LogP contribution in [0.25, 0.3) is 0 Å². The second kappa shape index (κ2) is 6.53. The quantitative estimate of drug-likeness (QED) is 0.892. The lowest BCUT2D eigenvalue weighted by Gasteiger charge is -2.18. The number of hydrogen-bond acceptors (Lipinski definition) is 3. The van der Waals surface area contributed by atoms with Crippen LogP contribution in [0.2, 0.25) is 0 Å². The standard InChI is InChI=1S/C16H14N2O4/c1-11-6-5-9-13(10-11)18(16(21)22)15(20)17-14(19)12-7-3-2-4-8-12/h2-10H,1H3,(H,21,22)(H,17,19,20). The van der Waals surface area contributed by atoms with Gasteiger partial charge >= 0.3 is 12.1 Å². The third kappa shape index (κ3) is 3.49. The molecule has 2 aromatic carbocycles. The first kappa shape index (κ1) is 15.2. The Labute approximate surface area is 127 Å². The van der Waals surface area contributed by atoms with Crippen LogP contribution in [-0.2, 0) is 0 Å². The Morgan fingerprint density at radius 1 is 1.00 bits per heavy atom. The van der Waals surface area contributed by atoms with Crippen molar-refractivity contribution in [2.45, 2.75) is 6.92 Å². The van der Waals surface area contributed by atoms with Gasteiger partial charge in [-0.25, -0.2) is 9.59 Å². The highest BCUT2D eigenvalue weighted by Crippen LogP contribution is 2.16. The van der Waals surface area contributed by atoms with E-state index in [9.17, 15) is 19.5 Å². The van der Waals surface area contributed by atoms with Crippen LogP contribution in [0.1, 0.15) is 15.9 Å². The molecular formula is C16H14N2O4. The summed E-state index contributed by atoms with van der Waals surface area (Å²) in [7, 11) is 0. The van der Waals surface area contributed by atoms with E-state index >= 15 is 0 Å². The summed E-state index contributed by atoms with van der Waals surface area (Å²) in [5.41, 5.74) is 1.24. The number of carbonyl (C=O) groups is 3. The molecule has 0 bridgehead atoms. The molecule has 0 aromatic heterocycles. The number of amides is 4. The molecule has 0 radical (unpaired) electrons. The first-order valence-electron chi connectivity index (χ1n) is 6.49. The fourth-order valence-corrected chi connectivity index (χ4v) is 1.90. The van der Waals surface area contributed by atoms with E-state index < -0.39 is 18.0 Å². The van der Waals surface area contributed by atoms with Crippen LogP contribution >= 0.6 is 0 Å². The van der Waals surface area contributed by atoms with E-state index in [4.69, 9.17) is 0 Å². The number of urea groups is 1. The Morgan fingerprint density at radius 3 is 2.27 bits per heavy atom. The van der Waals surface area contributed by atoms with Gasteiger partial charge < -0.3 is 5.11 Å². The van der Waals surface area contributed by atoms with Gasteiger partial charge in [0.1, 0.15) is 0 Å². The molecule has 0 spiro atoms. The second-order valence-corrected chi connectivity index (χ2v) is 4.58. The van der Waals surface area contributed by atoms with Gasteiger partial charge in [0.25, 0.3) is 5.91 Å². The van der Waals surface area contributed by atoms with Gasteiger partial charge in [-0.05, 0) is 36.8 Å². The molecule has 6 heteroatoms. The zero-order chi connectivity index (χ0) is 16.1. The van der Waals surface area contributed by atoms with Crippen LogP contribution in [-0.4, -0.2) is 23.1 Å². The molecule has 0 saturated heterocycles. The van der Waals surface area contributed by atoms with Crippen molar-refractivity contribution in [3.05, 3.63) is 65.7 Å². The lowest BCUT2D eigenvalue weighted by molar-refractivity contribution is 0.0966. The van der Waals surface area contributed by atoms with Gasteiger partial charge in [0, 0.05) is 5.56 Å². The van der Waals surface area contributed by atoms with Crippen molar-refractivity contribution in [1.29, 1.82) is 0 Å². The van der Waals surface area contributed by atoms with Crippen molar-refractivity contribution in [2.75, 3.05) is 4.90 Å². The molecule has 0 aliphatic rings. The average Bonchev–Trinajstić information content (AvgIpc) is 2.48. The molecule has 112 valence electrons. The van der Waals surface area contributed by atoms with Crippen LogP contribution in [0.5, 0.6) is 0 Å². The Hall–Kier alpha value is -3.15. The first-order chi connectivity index (χ1) is 10.5. The molecule has 6 nitrogen and oxygen atoms in total. The van der Waals surface area contributed by atoms with E-state index in [1.165, 1.54) is 18.2 Å². The topological polar surface area (TPSA) is 86.7 Å². The Balaban J connectivity index is 2.21. The van der Waals surface area contributed by atoms with Crippen molar-refractivity contribution < 1.29 is 19.5 Å². The molecule has 0 heterocycles. The summed E-state index contributed by atoms with van der Waals surface area (Å²) < 4.78 is 0. The third-order valence-corrected chi connectivity index (χ3v) is 2.91. The third-order valence-electron chi connectivity index (χ3n) is 2.91. The SMILES string of the molecule is Cc1cccc(N(C(=O)O)C(=O)NC(=O)c2ccccc2)c1. The molecule has 0 unspecified atom stereocenters. The summed E-state index contributed by atoms with van der Waals surface area (Å²) in [6.07, 6.45) is -1.47. The Bertz CT molecular complexity index is 713. The molecule has 2 N–H and O–H groups in total. The molecule has 4 amide bonds. The highest BCUT2D eigenvalue weighted by atomic mass is 16.4. The number of hydrogen-bond donors (Lipinski definition) is 2. The monoisotopic (exact) mass is 298 g/mol. The zero-order valence-corrected chi connectivity index (χ0v) is 11.8. The predicted molar refractivity (Wildman–Crippen MR) is 81.0 cm³/mol. The summed E-state index contributed by atoms with van der Waals surface area (Å²) in [6, 6.07) is 13.5. The maximum atomic E-state index is 12.1. The summed E-state index contributed by atoms with van der Waals surface area (Å²) in [5, 5.41) is 11.3. The smallest absolute Gasteiger partial charge is 0.420 e. The second-order valence-electron chi connectivity index (χ2n) is 4.58. The van der Waals surface area contributed by atoms with Crippen molar-refractivity contribution in [2.24, 2.45) is 0 Å². The molecule has 0 atom stereocenters. The number of benzene rings is 2. The van der Waals surface area contributed by atoms with Crippen molar-refractivity contribution in [1.82, 2.24) is 5.32 Å². The van der Waals surface area contributed by atoms with Gasteiger partial charge in [0.05, 0.1) is 5.69 Å². The number of nitrogens with zero attached hydrogens (tertiary/aromatic N) is 1. The Kier molecular flexibility index (Phi) is 4.53. The van der Waals surface area contributed by atoms with Gasteiger partial charge in [-0.15, -0.1) is 0 Å². The van der Waals surface area contributed by atoms with E-state index in [0.717, 1.165) is 5.56 Å². The molecule has 2 aromatic rings. The number of rotatable bonds is 2. The van der Waals surface area contributed by atoms with E-state index in [0.29, 0.717) is 4.90 Å². The minimum atomic E-state index is -1.47. The fraction of sp³-hybridized carbons (Fsp3) is 0.0625. The van der Waals surface area contributed by atoms with Gasteiger partial charge in [-0.1, -0.05) is 30.3 Å². The molecule has 2 rings (SSSR count). The van der Waals surface area contributed by atoms with Crippen molar-refractivity contribution in [3.8, 4) is 0 Å². The highest BCUT2D eigenvalue weighted by molar-refractivity contribution is 6.17. The highest BCUT2D eigenvalue weighted by Gasteiger charge is 2.24. The van der Waals surface area contributed by atoms with E-state index in [1.54, 1.807) is 43.3 Å². The molecule has 22 heavy (non-hydrogen) atoms. The number of anilines is 1. The minimum Gasteiger partial charge on any atom is -0.464 e. The molecule has 0 saturated carbocycles. The van der Waals surface area contributed by atoms with Gasteiger partial charge in [-0.3, -0.25) is 10.1 Å². The van der Waals surface area contributed by atoms with E-state index in [1.807, 2.05) is 0 Å². The van der Waals surface area contributed by atoms with Crippen LogP contribution in [0.15, 0.2) is 54.6 Å². The summed E-state index contributed by atoms with van der Waals surface area (Å²) in [6.45, 7) is 1.77. The van der Waals surface area contributed by atoms with E-state index in [-0.39, 0.29) is 11.3 Å². The van der Waals surface area contributed by atoms with Crippen LogP contribution < -0.4 is 10.2 Å². The van der Waals surface area contributed by atoms with Crippen LogP contribution in [0, 0.1) is 6.92 Å². The number of carbonyl (C=O) groups excluding carboxylic acids is 2. The molecule has 0 fully saturated rings. The number of imide groups is 2. The Morgan fingerprint density at radius 2 is 1.68 bits per heavy atom.